The summed E-state index contributed by atoms with van der Waals surface area (Å²) in [7, 11) is 1.61. The lowest BCUT2D eigenvalue weighted by molar-refractivity contribution is 0.214. The summed E-state index contributed by atoms with van der Waals surface area (Å²) >= 11 is 3.43. The number of halogens is 1. The fourth-order valence-electron chi connectivity index (χ4n) is 1.97. The van der Waals surface area contributed by atoms with E-state index in [1.165, 1.54) is 0 Å². The van der Waals surface area contributed by atoms with Crippen molar-refractivity contribution in [2.75, 3.05) is 7.11 Å². The first kappa shape index (κ1) is 13.1. The predicted octanol–water partition coefficient (Wildman–Crippen LogP) is 3.85. The van der Waals surface area contributed by atoms with Crippen molar-refractivity contribution in [3.8, 4) is 5.75 Å². The van der Waals surface area contributed by atoms with Gasteiger partial charge in [0.25, 0.3) is 0 Å². The van der Waals surface area contributed by atoms with Crippen LogP contribution >= 0.6 is 15.9 Å². The lowest BCUT2D eigenvalue weighted by Gasteiger charge is -2.17. The summed E-state index contributed by atoms with van der Waals surface area (Å²) in [6.45, 7) is 1.99. The second-order valence-electron chi connectivity index (χ2n) is 4.15. The van der Waals surface area contributed by atoms with Gasteiger partial charge in [-0.3, -0.25) is 0 Å². The second-order valence-corrected chi connectivity index (χ2v) is 5.06. The maximum Gasteiger partial charge on any atom is 0.125 e. The fraction of sp³-hybridized carbons (Fsp3) is 0.200. The summed E-state index contributed by atoms with van der Waals surface area (Å²) in [6, 6.07) is 13.4. The van der Waals surface area contributed by atoms with Crippen molar-refractivity contribution in [3.63, 3.8) is 0 Å². The molecule has 18 heavy (non-hydrogen) atoms. The summed E-state index contributed by atoms with van der Waals surface area (Å²) in [5.41, 5.74) is 2.71. The van der Waals surface area contributed by atoms with Crippen LogP contribution in [-0.2, 0) is 0 Å². The standard InChI is InChI=1S/C15H15BrO2/c1-10-7-8-11(16)9-13(10)15(17)12-5-3-4-6-14(12)18-2/h3-9,15,17H,1-2H3. The van der Waals surface area contributed by atoms with E-state index in [0.717, 1.165) is 21.2 Å². The summed E-state index contributed by atoms with van der Waals surface area (Å²) in [6.07, 6.45) is -0.682. The number of aliphatic hydroxyl groups is 1. The molecule has 0 spiro atoms. The molecule has 0 aliphatic heterocycles. The fourth-order valence-corrected chi connectivity index (χ4v) is 2.34. The number of para-hydroxylation sites is 1. The molecular formula is C15H15BrO2. The molecule has 0 saturated carbocycles. The number of benzene rings is 2. The Hall–Kier alpha value is -1.32. The first-order valence-corrected chi connectivity index (χ1v) is 6.50. The van der Waals surface area contributed by atoms with Crippen LogP contribution in [0.3, 0.4) is 0 Å². The van der Waals surface area contributed by atoms with Gasteiger partial charge in [0.2, 0.25) is 0 Å². The molecule has 2 aromatic carbocycles. The van der Waals surface area contributed by atoms with E-state index in [-0.39, 0.29) is 0 Å². The van der Waals surface area contributed by atoms with Gasteiger partial charge in [0.05, 0.1) is 7.11 Å². The molecule has 2 rings (SSSR count). The predicted molar refractivity (Wildman–Crippen MR) is 75.9 cm³/mol. The van der Waals surface area contributed by atoms with Crippen LogP contribution in [0, 0.1) is 6.92 Å². The molecule has 0 fully saturated rings. The second kappa shape index (κ2) is 5.55. The van der Waals surface area contributed by atoms with E-state index in [2.05, 4.69) is 15.9 Å². The van der Waals surface area contributed by atoms with Crippen molar-refractivity contribution >= 4 is 15.9 Å². The molecule has 0 amide bonds. The van der Waals surface area contributed by atoms with Gasteiger partial charge in [0.1, 0.15) is 11.9 Å². The Balaban J connectivity index is 2.47. The lowest BCUT2D eigenvalue weighted by atomic mass is 9.97. The zero-order valence-corrected chi connectivity index (χ0v) is 11.9. The van der Waals surface area contributed by atoms with E-state index >= 15 is 0 Å². The van der Waals surface area contributed by atoms with E-state index in [1.807, 2.05) is 49.4 Å². The molecule has 1 unspecified atom stereocenters. The Bertz CT molecular complexity index is 552. The van der Waals surface area contributed by atoms with Crippen molar-refractivity contribution in [1.82, 2.24) is 0 Å². The molecule has 0 aliphatic carbocycles. The van der Waals surface area contributed by atoms with Gasteiger partial charge in [-0.05, 0) is 36.2 Å². The van der Waals surface area contributed by atoms with Crippen molar-refractivity contribution in [1.29, 1.82) is 0 Å². The first-order chi connectivity index (χ1) is 8.63. The number of hydrogen-bond acceptors (Lipinski definition) is 2. The van der Waals surface area contributed by atoms with Crippen molar-refractivity contribution in [3.05, 3.63) is 63.6 Å². The van der Waals surface area contributed by atoms with Gasteiger partial charge in [-0.1, -0.05) is 40.2 Å². The normalized spacial score (nSPS) is 12.2. The van der Waals surface area contributed by atoms with E-state index in [4.69, 9.17) is 4.74 Å². The van der Waals surface area contributed by atoms with Crippen LogP contribution in [0.25, 0.3) is 0 Å². The number of ether oxygens (including phenoxy) is 1. The Labute approximate surface area is 115 Å². The highest BCUT2D eigenvalue weighted by molar-refractivity contribution is 9.10. The van der Waals surface area contributed by atoms with Gasteiger partial charge in [0, 0.05) is 10.0 Å². The molecule has 3 heteroatoms. The van der Waals surface area contributed by atoms with E-state index in [0.29, 0.717) is 5.75 Å². The molecule has 2 nitrogen and oxygen atoms in total. The first-order valence-electron chi connectivity index (χ1n) is 5.70. The maximum absolute atomic E-state index is 10.5. The topological polar surface area (TPSA) is 29.5 Å². The van der Waals surface area contributed by atoms with E-state index < -0.39 is 6.10 Å². The van der Waals surface area contributed by atoms with Gasteiger partial charge in [-0.15, -0.1) is 0 Å². The third kappa shape index (κ3) is 2.57. The van der Waals surface area contributed by atoms with Gasteiger partial charge in [0.15, 0.2) is 0 Å². The molecule has 0 radical (unpaired) electrons. The Morgan fingerprint density at radius 3 is 2.56 bits per heavy atom. The Morgan fingerprint density at radius 2 is 1.83 bits per heavy atom. The molecule has 0 aliphatic rings. The van der Waals surface area contributed by atoms with Crippen LogP contribution < -0.4 is 4.74 Å². The summed E-state index contributed by atoms with van der Waals surface area (Å²) in [5, 5.41) is 10.5. The molecule has 1 N–H and O–H groups in total. The number of aliphatic hydroxyl groups excluding tert-OH is 1. The molecular weight excluding hydrogens is 292 g/mol. The minimum atomic E-state index is -0.682. The third-order valence-electron chi connectivity index (χ3n) is 2.97. The molecule has 0 bridgehead atoms. The zero-order chi connectivity index (χ0) is 13.1. The third-order valence-corrected chi connectivity index (χ3v) is 3.46. The van der Waals surface area contributed by atoms with Crippen molar-refractivity contribution < 1.29 is 9.84 Å². The maximum atomic E-state index is 10.5. The van der Waals surface area contributed by atoms with Crippen LogP contribution in [0.2, 0.25) is 0 Å². The zero-order valence-electron chi connectivity index (χ0n) is 10.4. The molecule has 1 atom stereocenters. The smallest absolute Gasteiger partial charge is 0.125 e. The molecule has 2 aromatic rings. The summed E-state index contributed by atoms with van der Waals surface area (Å²) in [4.78, 5) is 0. The van der Waals surface area contributed by atoms with Gasteiger partial charge in [-0.25, -0.2) is 0 Å². The van der Waals surface area contributed by atoms with Crippen LogP contribution in [0.5, 0.6) is 5.75 Å². The van der Waals surface area contributed by atoms with Gasteiger partial charge < -0.3 is 9.84 Å². The van der Waals surface area contributed by atoms with Crippen LogP contribution in [-0.4, -0.2) is 12.2 Å². The molecule has 0 saturated heterocycles. The monoisotopic (exact) mass is 306 g/mol. The van der Waals surface area contributed by atoms with Gasteiger partial charge in [-0.2, -0.15) is 0 Å². The number of hydrogen-bond donors (Lipinski definition) is 1. The van der Waals surface area contributed by atoms with E-state index in [9.17, 15) is 5.11 Å². The van der Waals surface area contributed by atoms with Crippen molar-refractivity contribution in [2.45, 2.75) is 13.0 Å². The minimum absolute atomic E-state index is 0.682. The van der Waals surface area contributed by atoms with Crippen LogP contribution in [0.1, 0.15) is 22.8 Å². The number of rotatable bonds is 3. The number of aryl methyl sites for hydroxylation is 1. The largest absolute Gasteiger partial charge is 0.496 e. The molecule has 0 aromatic heterocycles. The van der Waals surface area contributed by atoms with Gasteiger partial charge >= 0.3 is 0 Å². The quantitative estimate of drug-likeness (QED) is 0.933. The molecule has 0 heterocycles. The average Bonchev–Trinajstić information content (AvgIpc) is 2.40. The minimum Gasteiger partial charge on any atom is -0.496 e. The van der Waals surface area contributed by atoms with Crippen LogP contribution in [0.4, 0.5) is 0 Å². The molecule has 94 valence electrons. The Kier molecular flexibility index (Phi) is 4.04. The summed E-state index contributed by atoms with van der Waals surface area (Å²) in [5.74, 6) is 0.698. The summed E-state index contributed by atoms with van der Waals surface area (Å²) < 4.78 is 6.24. The SMILES string of the molecule is COc1ccccc1C(O)c1cc(Br)ccc1C. The highest BCUT2D eigenvalue weighted by Crippen LogP contribution is 2.32. The highest BCUT2D eigenvalue weighted by atomic mass is 79.9. The van der Waals surface area contributed by atoms with Crippen LogP contribution in [0.15, 0.2) is 46.9 Å². The highest BCUT2D eigenvalue weighted by Gasteiger charge is 2.16. The lowest BCUT2D eigenvalue weighted by Crippen LogP contribution is -2.04. The number of methoxy groups -OCH3 is 1. The average molecular weight is 307 g/mol. The van der Waals surface area contributed by atoms with Crippen molar-refractivity contribution in [2.24, 2.45) is 0 Å². The Morgan fingerprint density at radius 1 is 1.11 bits per heavy atom. The van der Waals surface area contributed by atoms with E-state index in [1.54, 1.807) is 7.11 Å².